The number of amides is 2. The predicted molar refractivity (Wildman–Crippen MR) is 98.9 cm³/mol. The highest BCUT2D eigenvalue weighted by atomic mass is 16.5. The summed E-state index contributed by atoms with van der Waals surface area (Å²) in [4.78, 5) is 35.7. The van der Waals surface area contributed by atoms with E-state index in [0.29, 0.717) is 12.0 Å². The first-order chi connectivity index (χ1) is 13.0. The molecular formula is C20H22N2O5. The first-order valence-electron chi connectivity index (χ1n) is 8.47. The zero-order chi connectivity index (χ0) is 19.6. The second-order valence-corrected chi connectivity index (χ2v) is 5.79. The molecule has 7 heteroatoms. The Hall–Kier alpha value is -3.35. The van der Waals surface area contributed by atoms with Gasteiger partial charge in [-0.15, -0.1) is 0 Å². The zero-order valence-electron chi connectivity index (χ0n) is 15.2. The van der Waals surface area contributed by atoms with Crippen LogP contribution in [0.5, 0.6) is 5.75 Å². The van der Waals surface area contributed by atoms with E-state index in [1.807, 2.05) is 24.3 Å². The highest BCUT2D eigenvalue weighted by Crippen LogP contribution is 2.13. The molecule has 27 heavy (non-hydrogen) atoms. The van der Waals surface area contributed by atoms with E-state index in [4.69, 9.17) is 9.47 Å². The van der Waals surface area contributed by atoms with Gasteiger partial charge in [-0.05, 0) is 43.2 Å². The highest BCUT2D eigenvalue weighted by Gasteiger charge is 2.18. The van der Waals surface area contributed by atoms with Crippen molar-refractivity contribution in [3.05, 3.63) is 65.7 Å². The molecule has 0 bridgehead atoms. The number of nitrogens with one attached hydrogen (secondary N) is 2. The molecule has 0 radical (unpaired) electrons. The van der Waals surface area contributed by atoms with Crippen LogP contribution >= 0.6 is 0 Å². The lowest BCUT2D eigenvalue weighted by Crippen LogP contribution is -2.46. The van der Waals surface area contributed by atoms with Crippen molar-refractivity contribution in [2.45, 2.75) is 25.9 Å². The van der Waals surface area contributed by atoms with Crippen molar-refractivity contribution in [1.82, 2.24) is 10.9 Å². The Kier molecular flexibility index (Phi) is 7.37. The smallest absolute Gasteiger partial charge is 0.306 e. The molecule has 2 aromatic rings. The summed E-state index contributed by atoms with van der Waals surface area (Å²) < 4.78 is 10.2. The Bertz CT molecular complexity index is 775. The predicted octanol–water partition coefficient (Wildman–Crippen LogP) is 2.02. The van der Waals surface area contributed by atoms with E-state index in [2.05, 4.69) is 10.9 Å². The van der Waals surface area contributed by atoms with Gasteiger partial charge in [-0.1, -0.05) is 30.3 Å². The van der Waals surface area contributed by atoms with Crippen molar-refractivity contribution in [2.24, 2.45) is 0 Å². The van der Waals surface area contributed by atoms with Crippen LogP contribution in [0.1, 0.15) is 29.3 Å². The van der Waals surface area contributed by atoms with Gasteiger partial charge in [-0.3, -0.25) is 25.2 Å². The van der Waals surface area contributed by atoms with Gasteiger partial charge in [0.1, 0.15) is 5.75 Å². The summed E-state index contributed by atoms with van der Waals surface area (Å²) in [5, 5.41) is 0. The largest absolute Gasteiger partial charge is 0.497 e. The van der Waals surface area contributed by atoms with E-state index in [0.717, 1.165) is 11.3 Å². The monoisotopic (exact) mass is 370 g/mol. The van der Waals surface area contributed by atoms with Gasteiger partial charge < -0.3 is 9.47 Å². The molecule has 0 unspecified atom stereocenters. The summed E-state index contributed by atoms with van der Waals surface area (Å²) in [6, 6.07) is 15.8. The van der Waals surface area contributed by atoms with Gasteiger partial charge in [-0.25, -0.2) is 0 Å². The molecule has 2 rings (SSSR count). The summed E-state index contributed by atoms with van der Waals surface area (Å²) in [5.74, 6) is -0.828. The van der Waals surface area contributed by atoms with Gasteiger partial charge in [0.05, 0.1) is 7.11 Å². The third-order valence-electron chi connectivity index (χ3n) is 3.79. The maximum Gasteiger partial charge on any atom is 0.306 e. The number of benzene rings is 2. The molecule has 0 saturated heterocycles. The van der Waals surface area contributed by atoms with Gasteiger partial charge in [0.15, 0.2) is 6.10 Å². The lowest BCUT2D eigenvalue weighted by atomic mass is 10.1. The topological polar surface area (TPSA) is 93.7 Å². The van der Waals surface area contributed by atoms with Gasteiger partial charge in [0.25, 0.3) is 11.8 Å². The molecule has 0 heterocycles. The number of carbonyl (C=O) groups excluding carboxylic acids is 3. The molecule has 0 fully saturated rings. The van der Waals surface area contributed by atoms with Crippen molar-refractivity contribution in [1.29, 1.82) is 0 Å². The van der Waals surface area contributed by atoms with Gasteiger partial charge in [-0.2, -0.15) is 0 Å². The minimum Gasteiger partial charge on any atom is -0.497 e. The van der Waals surface area contributed by atoms with Crippen molar-refractivity contribution in [3.63, 3.8) is 0 Å². The van der Waals surface area contributed by atoms with Crippen molar-refractivity contribution < 1.29 is 23.9 Å². The number of aryl methyl sites for hydroxylation is 1. The second-order valence-electron chi connectivity index (χ2n) is 5.79. The van der Waals surface area contributed by atoms with Crippen LogP contribution in [0.3, 0.4) is 0 Å². The number of esters is 1. The van der Waals surface area contributed by atoms with E-state index < -0.39 is 23.9 Å². The summed E-state index contributed by atoms with van der Waals surface area (Å²) >= 11 is 0. The van der Waals surface area contributed by atoms with Crippen LogP contribution in [0.15, 0.2) is 54.6 Å². The molecule has 2 N–H and O–H groups in total. The molecule has 0 saturated carbocycles. The number of hydrogen-bond donors (Lipinski definition) is 2. The highest BCUT2D eigenvalue weighted by molar-refractivity contribution is 5.95. The number of methoxy groups -OCH3 is 1. The first kappa shape index (κ1) is 20.0. The molecule has 0 aromatic heterocycles. The molecule has 2 aromatic carbocycles. The van der Waals surface area contributed by atoms with Crippen LogP contribution in [0.4, 0.5) is 0 Å². The Morgan fingerprint density at radius 3 is 2.26 bits per heavy atom. The lowest BCUT2D eigenvalue weighted by Gasteiger charge is -2.14. The second kappa shape index (κ2) is 9.96. The number of ether oxygens (including phenoxy) is 2. The fourth-order valence-corrected chi connectivity index (χ4v) is 2.23. The van der Waals surface area contributed by atoms with E-state index in [-0.39, 0.29) is 6.42 Å². The summed E-state index contributed by atoms with van der Waals surface area (Å²) in [6.45, 7) is 1.44. The fourth-order valence-electron chi connectivity index (χ4n) is 2.23. The third kappa shape index (κ3) is 6.47. The van der Waals surface area contributed by atoms with Crippen LogP contribution in [0.2, 0.25) is 0 Å². The Balaban J connectivity index is 1.72. The Labute approximate surface area is 157 Å². The van der Waals surface area contributed by atoms with Crippen molar-refractivity contribution in [2.75, 3.05) is 7.11 Å². The number of hydrogen-bond acceptors (Lipinski definition) is 5. The average Bonchev–Trinajstić information content (AvgIpc) is 2.71. The minimum atomic E-state index is -1.02. The quantitative estimate of drug-likeness (QED) is 0.574. The van der Waals surface area contributed by atoms with Crippen LogP contribution in [-0.2, 0) is 20.7 Å². The van der Waals surface area contributed by atoms with Gasteiger partial charge >= 0.3 is 5.97 Å². The summed E-state index contributed by atoms with van der Waals surface area (Å²) in [5.41, 5.74) is 5.89. The van der Waals surface area contributed by atoms with Gasteiger partial charge in [0, 0.05) is 12.0 Å². The summed E-state index contributed by atoms with van der Waals surface area (Å²) in [6.07, 6.45) is -0.396. The van der Waals surface area contributed by atoms with Crippen molar-refractivity contribution in [3.8, 4) is 5.75 Å². The molecule has 0 aliphatic rings. The molecule has 0 spiro atoms. The van der Waals surface area contributed by atoms with E-state index in [1.54, 1.807) is 37.4 Å². The Morgan fingerprint density at radius 1 is 0.963 bits per heavy atom. The van der Waals surface area contributed by atoms with E-state index >= 15 is 0 Å². The third-order valence-corrected chi connectivity index (χ3v) is 3.79. The average molecular weight is 370 g/mol. The van der Waals surface area contributed by atoms with Crippen LogP contribution in [0.25, 0.3) is 0 Å². The van der Waals surface area contributed by atoms with Crippen LogP contribution in [0, 0.1) is 0 Å². The molecule has 2 amide bonds. The fraction of sp³-hybridized carbons (Fsp3) is 0.250. The first-order valence-corrected chi connectivity index (χ1v) is 8.47. The maximum atomic E-state index is 11.9. The molecule has 142 valence electrons. The molecule has 0 aliphatic heterocycles. The normalized spacial score (nSPS) is 11.2. The molecule has 7 nitrogen and oxygen atoms in total. The lowest BCUT2D eigenvalue weighted by molar-refractivity contribution is -0.155. The van der Waals surface area contributed by atoms with Crippen molar-refractivity contribution >= 4 is 17.8 Å². The Morgan fingerprint density at radius 2 is 1.63 bits per heavy atom. The SMILES string of the molecule is COc1ccc(CCC(=O)O[C@H](C)C(=O)NNC(=O)c2ccccc2)cc1. The van der Waals surface area contributed by atoms with Crippen LogP contribution < -0.4 is 15.6 Å². The standard InChI is InChI=1S/C20H22N2O5/c1-14(19(24)21-22-20(25)16-6-4-3-5-7-16)27-18(23)13-10-15-8-11-17(26-2)12-9-15/h3-9,11-12,14H,10,13H2,1-2H3,(H,21,24)(H,22,25)/t14-/m1/s1. The molecular weight excluding hydrogens is 348 g/mol. The van der Waals surface area contributed by atoms with Crippen LogP contribution in [-0.4, -0.2) is 31.0 Å². The zero-order valence-corrected chi connectivity index (χ0v) is 15.2. The number of hydrazine groups is 1. The molecule has 1 atom stereocenters. The van der Waals surface area contributed by atoms with E-state index in [9.17, 15) is 14.4 Å². The molecule has 0 aliphatic carbocycles. The minimum absolute atomic E-state index is 0.139. The van der Waals surface area contributed by atoms with E-state index in [1.165, 1.54) is 6.92 Å². The number of rotatable bonds is 7. The maximum absolute atomic E-state index is 11.9. The summed E-state index contributed by atoms with van der Waals surface area (Å²) in [7, 11) is 1.58. The van der Waals surface area contributed by atoms with Gasteiger partial charge in [0.2, 0.25) is 0 Å². The number of carbonyl (C=O) groups is 3.